The number of hydrogen-bond acceptors (Lipinski definition) is 11. The SMILES string of the molecule is CCCCCCCC/C=C/C/C=C/C/C=C/CCCC(=O)O[C@H](COC(=O)CCCCCCCCC/C=C/CCCCCCCC)CO[C@H]1O[C@H](CS(=O)(=O)O)[C@@H](O)C(O)C1O. The minimum atomic E-state index is -4.61. The molecule has 0 spiro atoms. The van der Waals surface area contributed by atoms with Crippen LogP contribution in [0.3, 0.4) is 0 Å². The lowest BCUT2D eigenvalue weighted by Crippen LogP contribution is -2.60. The fraction of sp³-hybridized carbons (Fsp3) is 0.796. The van der Waals surface area contributed by atoms with Crippen molar-refractivity contribution in [2.24, 2.45) is 0 Å². The van der Waals surface area contributed by atoms with Crippen LogP contribution in [0, 0.1) is 0 Å². The number of ether oxygens (including phenoxy) is 4. The summed E-state index contributed by atoms with van der Waals surface area (Å²) in [5.41, 5.74) is 0. The number of carbonyl (C=O) groups excluding carboxylic acids is 2. The molecule has 360 valence electrons. The van der Waals surface area contributed by atoms with Crippen molar-refractivity contribution >= 4 is 22.1 Å². The van der Waals surface area contributed by atoms with E-state index in [0.29, 0.717) is 19.3 Å². The average Bonchev–Trinajstić information content (AvgIpc) is 3.24. The van der Waals surface area contributed by atoms with Gasteiger partial charge >= 0.3 is 11.9 Å². The Labute approximate surface area is 375 Å². The molecule has 6 atom stereocenters. The van der Waals surface area contributed by atoms with E-state index in [4.69, 9.17) is 18.9 Å². The summed E-state index contributed by atoms with van der Waals surface area (Å²) in [4.78, 5) is 25.4. The molecule has 0 saturated carbocycles. The molecule has 0 aromatic heterocycles. The normalized spacial score (nSPS) is 20.3. The second kappa shape index (κ2) is 39.0. The number of hydrogen-bond donors (Lipinski definition) is 4. The van der Waals surface area contributed by atoms with Crippen molar-refractivity contribution in [1.29, 1.82) is 0 Å². The van der Waals surface area contributed by atoms with Gasteiger partial charge in [-0.2, -0.15) is 8.42 Å². The van der Waals surface area contributed by atoms with Gasteiger partial charge in [0, 0.05) is 12.8 Å². The summed E-state index contributed by atoms with van der Waals surface area (Å²) in [7, 11) is -4.61. The van der Waals surface area contributed by atoms with Gasteiger partial charge in [0.2, 0.25) is 0 Å². The molecule has 1 rings (SSSR count). The molecular formula is C49H86O12S. The van der Waals surface area contributed by atoms with Gasteiger partial charge in [-0.25, -0.2) is 0 Å². The zero-order chi connectivity index (χ0) is 45.5. The largest absolute Gasteiger partial charge is 0.462 e. The summed E-state index contributed by atoms with van der Waals surface area (Å²) >= 11 is 0. The van der Waals surface area contributed by atoms with Crippen molar-refractivity contribution in [3.63, 3.8) is 0 Å². The van der Waals surface area contributed by atoms with Crippen LogP contribution in [0.15, 0.2) is 48.6 Å². The Morgan fingerprint density at radius 3 is 1.50 bits per heavy atom. The van der Waals surface area contributed by atoms with E-state index in [1.165, 1.54) is 103 Å². The molecule has 0 aliphatic carbocycles. The Morgan fingerprint density at radius 2 is 0.984 bits per heavy atom. The average molecular weight is 899 g/mol. The van der Waals surface area contributed by atoms with E-state index in [-0.39, 0.29) is 19.4 Å². The molecule has 0 aromatic rings. The number of aliphatic hydroxyl groups excluding tert-OH is 3. The molecule has 1 aliphatic rings. The highest BCUT2D eigenvalue weighted by molar-refractivity contribution is 7.85. The fourth-order valence-electron chi connectivity index (χ4n) is 7.10. The molecule has 1 fully saturated rings. The first-order chi connectivity index (χ1) is 30.0. The summed E-state index contributed by atoms with van der Waals surface area (Å²) in [5.74, 6) is -2.06. The fourth-order valence-corrected chi connectivity index (χ4v) is 7.79. The van der Waals surface area contributed by atoms with Crippen molar-refractivity contribution in [3.8, 4) is 0 Å². The highest BCUT2D eigenvalue weighted by Crippen LogP contribution is 2.24. The number of allylic oxidation sites excluding steroid dienone is 8. The summed E-state index contributed by atoms with van der Waals surface area (Å²) in [6.07, 6.45) is 37.3. The third-order valence-corrected chi connectivity index (χ3v) is 11.6. The van der Waals surface area contributed by atoms with Gasteiger partial charge < -0.3 is 34.3 Å². The quantitative estimate of drug-likeness (QED) is 0.0198. The zero-order valence-corrected chi connectivity index (χ0v) is 39.3. The third-order valence-electron chi connectivity index (χ3n) is 10.9. The maximum atomic E-state index is 12.8. The molecule has 1 saturated heterocycles. The molecule has 0 bridgehead atoms. The predicted molar refractivity (Wildman–Crippen MR) is 247 cm³/mol. The van der Waals surface area contributed by atoms with Crippen LogP contribution in [0.25, 0.3) is 0 Å². The van der Waals surface area contributed by atoms with Crippen molar-refractivity contribution in [2.75, 3.05) is 19.0 Å². The Balaban J connectivity index is 2.46. The monoisotopic (exact) mass is 899 g/mol. The maximum absolute atomic E-state index is 12.8. The molecule has 0 radical (unpaired) electrons. The van der Waals surface area contributed by atoms with Crippen molar-refractivity contribution in [1.82, 2.24) is 0 Å². The van der Waals surface area contributed by atoms with E-state index in [2.05, 4.69) is 50.3 Å². The molecule has 13 heteroatoms. The minimum Gasteiger partial charge on any atom is -0.462 e. The van der Waals surface area contributed by atoms with Crippen molar-refractivity contribution < 1.29 is 56.8 Å². The van der Waals surface area contributed by atoms with Crippen molar-refractivity contribution in [2.45, 2.75) is 230 Å². The number of carbonyl (C=O) groups is 2. The van der Waals surface area contributed by atoms with Gasteiger partial charge in [0.25, 0.3) is 10.1 Å². The van der Waals surface area contributed by atoms with Crippen LogP contribution in [0.2, 0.25) is 0 Å². The van der Waals surface area contributed by atoms with E-state index in [1.807, 2.05) is 12.2 Å². The van der Waals surface area contributed by atoms with Gasteiger partial charge in [-0.3, -0.25) is 14.1 Å². The van der Waals surface area contributed by atoms with Crippen LogP contribution in [0.5, 0.6) is 0 Å². The Morgan fingerprint density at radius 1 is 0.548 bits per heavy atom. The van der Waals surface area contributed by atoms with Gasteiger partial charge in [0.05, 0.1) is 6.61 Å². The van der Waals surface area contributed by atoms with Crippen LogP contribution < -0.4 is 0 Å². The smallest absolute Gasteiger partial charge is 0.306 e. The molecule has 1 heterocycles. The molecule has 62 heavy (non-hydrogen) atoms. The van der Waals surface area contributed by atoms with Gasteiger partial charge in [-0.05, 0) is 70.6 Å². The van der Waals surface area contributed by atoms with Gasteiger partial charge in [0.1, 0.15) is 36.8 Å². The molecule has 4 N–H and O–H groups in total. The first-order valence-electron chi connectivity index (χ1n) is 24.2. The number of rotatable bonds is 40. The molecule has 0 aromatic carbocycles. The Kier molecular flexibility index (Phi) is 36.3. The Hall–Kier alpha value is -2.39. The predicted octanol–water partition coefficient (Wildman–Crippen LogP) is 10.3. The van der Waals surface area contributed by atoms with Crippen LogP contribution >= 0.6 is 0 Å². The number of aliphatic hydroxyl groups is 3. The van der Waals surface area contributed by atoms with Crippen LogP contribution in [-0.4, -0.2) is 96.0 Å². The molecule has 12 nitrogen and oxygen atoms in total. The van der Waals surface area contributed by atoms with E-state index in [9.17, 15) is 37.9 Å². The lowest BCUT2D eigenvalue weighted by molar-refractivity contribution is -0.297. The standard InChI is InChI=1S/C49H86O12S/c1-3-5-7-9-11-13-15-17-19-21-23-25-27-29-31-33-35-37-44(50)58-39-42(40-59-49-48(54)47(53)46(52)43(61-49)41-62(55,56)57)60-45(51)38-36-34-32-30-28-26-24-22-20-18-16-14-12-10-8-6-4-2/h17-20,24,26,30,32,42-43,46-49,52-54H,3-16,21-23,25,27-29,31,33-41H2,1-2H3,(H,55,56,57)/b19-17+,20-18+,26-24+,32-30+/t42-,43-,46-,47?,48?,49+/m1/s1. The van der Waals surface area contributed by atoms with Gasteiger partial charge in [-0.15, -0.1) is 0 Å². The van der Waals surface area contributed by atoms with E-state index in [1.54, 1.807) is 0 Å². The lowest BCUT2D eigenvalue weighted by Gasteiger charge is -2.40. The van der Waals surface area contributed by atoms with Gasteiger partial charge in [0.15, 0.2) is 12.4 Å². The first-order valence-corrected chi connectivity index (χ1v) is 25.8. The van der Waals surface area contributed by atoms with E-state index in [0.717, 1.165) is 44.9 Å². The summed E-state index contributed by atoms with van der Waals surface area (Å²) < 4.78 is 54.1. The number of esters is 2. The summed E-state index contributed by atoms with van der Waals surface area (Å²) in [5, 5.41) is 30.9. The van der Waals surface area contributed by atoms with Crippen LogP contribution in [-0.2, 0) is 38.7 Å². The third kappa shape index (κ3) is 33.2. The second-order valence-electron chi connectivity index (χ2n) is 16.8. The Bertz CT molecular complexity index is 1330. The molecule has 0 amide bonds. The molecule has 2 unspecified atom stereocenters. The van der Waals surface area contributed by atoms with E-state index >= 15 is 0 Å². The summed E-state index contributed by atoms with van der Waals surface area (Å²) in [6.45, 7) is 3.71. The topological polar surface area (TPSA) is 186 Å². The zero-order valence-electron chi connectivity index (χ0n) is 38.5. The molecule has 1 aliphatic heterocycles. The highest BCUT2D eigenvalue weighted by atomic mass is 32.2. The van der Waals surface area contributed by atoms with E-state index < -0.39 is 71.2 Å². The summed E-state index contributed by atoms with van der Waals surface area (Å²) in [6, 6.07) is 0. The molecular weight excluding hydrogens is 813 g/mol. The minimum absolute atomic E-state index is 0.0911. The lowest BCUT2D eigenvalue weighted by atomic mass is 10.00. The maximum Gasteiger partial charge on any atom is 0.306 e. The highest BCUT2D eigenvalue weighted by Gasteiger charge is 2.46. The van der Waals surface area contributed by atoms with Gasteiger partial charge in [-0.1, -0.05) is 159 Å². The van der Waals surface area contributed by atoms with Crippen LogP contribution in [0.1, 0.15) is 194 Å². The van der Waals surface area contributed by atoms with Crippen LogP contribution in [0.4, 0.5) is 0 Å². The second-order valence-corrected chi connectivity index (χ2v) is 18.3. The number of unbranched alkanes of at least 4 members (excludes halogenated alkanes) is 20. The van der Waals surface area contributed by atoms with Crippen molar-refractivity contribution in [3.05, 3.63) is 48.6 Å². The first kappa shape index (κ1) is 57.6.